The van der Waals surface area contributed by atoms with Crippen LogP contribution in [0.1, 0.15) is 37.6 Å². The number of hydrogen-bond acceptors (Lipinski definition) is 7. The molecule has 8 heteroatoms. The SMILES string of the molecule is CCC(C)Nc1cc(C(=O)OC)cc(-c2nnnn2CC)n1. The van der Waals surface area contributed by atoms with E-state index in [1.807, 2.05) is 13.8 Å². The average molecular weight is 304 g/mol. The van der Waals surface area contributed by atoms with Crippen LogP contribution in [0.2, 0.25) is 0 Å². The van der Waals surface area contributed by atoms with Gasteiger partial charge in [-0.25, -0.2) is 14.5 Å². The summed E-state index contributed by atoms with van der Waals surface area (Å²) in [6.45, 7) is 6.66. The first-order valence-electron chi connectivity index (χ1n) is 7.22. The van der Waals surface area contributed by atoms with Crippen LogP contribution in [0, 0.1) is 0 Å². The number of ether oxygens (including phenoxy) is 1. The van der Waals surface area contributed by atoms with E-state index in [4.69, 9.17) is 4.74 Å². The number of carbonyl (C=O) groups is 1. The summed E-state index contributed by atoms with van der Waals surface area (Å²) >= 11 is 0. The fraction of sp³-hybridized carbons (Fsp3) is 0.500. The number of nitrogens with one attached hydrogen (secondary N) is 1. The van der Waals surface area contributed by atoms with Crippen LogP contribution in [0.3, 0.4) is 0 Å². The fourth-order valence-corrected chi connectivity index (χ4v) is 1.91. The van der Waals surface area contributed by atoms with Gasteiger partial charge in [-0.3, -0.25) is 0 Å². The van der Waals surface area contributed by atoms with Crippen LogP contribution in [0.5, 0.6) is 0 Å². The van der Waals surface area contributed by atoms with E-state index < -0.39 is 5.97 Å². The summed E-state index contributed by atoms with van der Waals surface area (Å²) in [5.74, 6) is 0.685. The zero-order valence-electron chi connectivity index (χ0n) is 13.2. The first kappa shape index (κ1) is 15.9. The van der Waals surface area contributed by atoms with Crippen molar-refractivity contribution < 1.29 is 9.53 Å². The molecule has 118 valence electrons. The third-order valence-electron chi connectivity index (χ3n) is 3.31. The summed E-state index contributed by atoms with van der Waals surface area (Å²) in [6, 6.07) is 3.53. The monoisotopic (exact) mass is 304 g/mol. The number of pyridine rings is 1. The Morgan fingerprint density at radius 1 is 1.41 bits per heavy atom. The fourth-order valence-electron chi connectivity index (χ4n) is 1.91. The highest BCUT2D eigenvalue weighted by molar-refractivity contribution is 5.91. The maximum Gasteiger partial charge on any atom is 0.338 e. The maximum atomic E-state index is 11.9. The number of methoxy groups -OCH3 is 1. The van der Waals surface area contributed by atoms with E-state index in [-0.39, 0.29) is 6.04 Å². The number of aromatic nitrogens is 5. The third-order valence-corrected chi connectivity index (χ3v) is 3.31. The molecule has 0 bridgehead atoms. The second-order valence-electron chi connectivity index (χ2n) is 4.89. The smallest absolute Gasteiger partial charge is 0.338 e. The molecule has 0 saturated heterocycles. The number of esters is 1. The molecule has 2 aromatic rings. The minimum Gasteiger partial charge on any atom is -0.465 e. The minimum absolute atomic E-state index is 0.232. The van der Waals surface area contributed by atoms with Crippen molar-refractivity contribution in [2.24, 2.45) is 0 Å². The van der Waals surface area contributed by atoms with E-state index in [1.54, 1.807) is 16.8 Å². The molecule has 0 spiro atoms. The largest absolute Gasteiger partial charge is 0.465 e. The molecule has 0 saturated carbocycles. The van der Waals surface area contributed by atoms with E-state index in [1.165, 1.54) is 7.11 Å². The van der Waals surface area contributed by atoms with Gasteiger partial charge in [-0.2, -0.15) is 0 Å². The lowest BCUT2D eigenvalue weighted by molar-refractivity contribution is 0.0600. The Morgan fingerprint density at radius 2 is 2.18 bits per heavy atom. The topological polar surface area (TPSA) is 94.8 Å². The minimum atomic E-state index is -0.425. The van der Waals surface area contributed by atoms with Gasteiger partial charge in [0, 0.05) is 12.6 Å². The zero-order chi connectivity index (χ0) is 16.1. The zero-order valence-corrected chi connectivity index (χ0v) is 13.2. The van der Waals surface area contributed by atoms with Gasteiger partial charge in [0.1, 0.15) is 11.5 Å². The average Bonchev–Trinajstić information content (AvgIpc) is 3.02. The van der Waals surface area contributed by atoms with Crippen molar-refractivity contribution in [2.75, 3.05) is 12.4 Å². The van der Waals surface area contributed by atoms with Gasteiger partial charge in [0.15, 0.2) is 0 Å². The van der Waals surface area contributed by atoms with Crippen molar-refractivity contribution in [1.82, 2.24) is 25.2 Å². The molecule has 0 fully saturated rings. The van der Waals surface area contributed by atoms with Crippen molar-refractivity contribution in [3.8, 4) is 11.5 Å². The van der Waals surface area contributed by atoms with Crippen molar-refractivity contribution in [3.63, 3.8) is 0 Å². The van der Waals surface area contributed by atoms with Crippen LogP contribution in [0.4, 0.5) is 5.82 Å². The van der Waals surface area contributed by atoms with Gasteiger partial charge in [-0.05, 0) is 42.8 Å². The molecule has 22 heavy (non-hydrogen) atoms. The Morgan fingerprint density at radius 3 is 2.82 bits per heavy atom. The van der Waals surface area contributed by atoms with Gasteiger partial charge < -0.3 is 10.1 Å². The van der Waals surface area contributed by atoms with Gasteiger partial charge in [-0.15, -0.1) is 5.10 Å². The van der Waals surface area contributed by atoms with E-state index in [9.17, 15) is 4.79 Å². The summed E-state index contributed by atoms with van der Waals surface area (Å²) in [5, 5.41) is 14.8. The molecule has 0 aromatic carbocycles. The molecule has 2 aromatic heterocycles. The van der Waals surface area contributed by atoms with Crippen LogP contribution in [0.15, 0.2) is 12.1 Å². The van der Waals surface area contributed by atoms with Gasteiger partial charge in [0.05, 0.1) is 12.7 Å². The number of anilines is 1. The summed E-state index contributed by atoms with van der Waals surface area (Å²) in [5.41, 5.74) is 0.935. The van der Waals surface area contributed by atoms with Gasteiger partial charge in [-0.1, -0.05) is 6.92 Å². The van der Waals surface area contributed by atoms with Crippen LogP contribution < -0.4 is 5.32 Å². The van der Waals surface area contributed by atoms with E-state index >= 15 is 0 Å². The number of hydrogen-bond donors (Lipinski definition) is 1. The highest BCUT2D eigenvalue weighted by atomic mass is 16.5. The molecule has 0 aliphatic rings. The molecular weight excluding hydrogens is 284 g/mol. The second kappa shape index (κ2) is 6.97. The number of nitrogens with zero attached hydrogens (tertiary/aromatic N) is 5. The Balaban J connectivity index is 2.48. The summed E-state index contributed by atoms with van der Waals surface area (Å²) in [7, 11) is 1.35. The van der Waals surface area contributed by atoms with E-state index in [0.29, 0.717) is 29.4 Å². The Labute approximate surface area is 128 Å². The number of carbonyl (C=O) groups excluding carboxylic acids is 1. The highest BCUT2D eigenvalue weighted by Crippen LogP contribution is 2.20. The lowest BCUT2D eigenvalue weighted by atomic mass is 10.2. The number of rotatable bonds is 6. The normalized spacial score (nSPS) is 12.0. The number of aryl methyl sites for hydroxylation is 1. The Hall–Kier alpha value is -2.51. The molecule has 2 rings (SSSR count). The van der Waals surface area contributed by atoms with Crippen LogP contribution in [-0.2, 0) is 11.3 Å². The van der Waals surface area contributed by atoms with Crippen molar-refractivity contribution in [3.05, 3.63) is 17.7 Å². The van der Waals surface area contributed by atoms with Crippen molar-refractivity contribution in [1.29, 1.82) is 0 Å². The van der Waals surface area contributed by atoms with E-state index in [2.05, 4.69) is 32.7 Å². The first-order valence-corrected chi connectivity index (χ1v) is 7.22. The Bertz CT molecular complexity index is 655. The summed E-state index contributed by atoms with van der Waals surface area (Å²) in [4.78, 5) is 16.4. The molecule has 2 heterocycles. The molecular formula is C14H20N6O2. The molecule has 1 unspecified atom stereocenters. The standard InChI is InChI=1S/C14H20N6O2/c1-5-9(3)15-12-8-10(14(21)22-4)7-11(16-12)13-17-18-19-20(13)6-2/h7-9H,5-6H2,1-4H3,(H,15,16). The molecule has 0 radical (unpaired) electrons. The lowest BCUT2D eigenvalue weighted by Crippen LogP contribution is -2.16. The number of tetrazole rings is 1. The van der Waals surface area contributed by atoms with Crippen molar-refractivity contribution in [2.45, 2.75) is 39.8 Å². The Kier molecular flexibility index (Phi) is 5.03. The van der Waals surface area contributed by atoms with Gasteiger partial charge >= 0.3 is 5.97 Å². The van der Waals surface area contributed by atoms with Gasteiger partial charge in [0.25, 0.3) is 0 Å². The van der Waals surface area contributed by atoms with Crippen LogP contribution >= 0.6 is 0 Å². The summed E-state index contributed by atoms with van der Waals surface area (Å²) < 4.78 is 6.42. The van der Waals surface area contributed by atoms with Gasteiger partial charge in [0.2, 0.25) is 5.82 Å². The molecule has 0 amide bonds. The molecule has 1 atom stereocenters. The van der Waals surface area contributed by atoms with Crippen LogP contribution in [-0.4, -0.2) is 44.3 Å². The predicted octanol–water partition coefficient (Wildman–Crippen LogP) is 1.75. The summed E-state index contributed by atoms with van der Waals surface area (Å²) in [6.07, 6.45) is 0.937. The van der Waals surface area contributed by atoms with Crippen LogP contribution in [0.25, 0.3) is 11.5 Å². The first-order chi connectivity index (χ1) is 10.6. The molecule has 0 aliphatic heterocycles. The third kappa shape index (κ3) is 3.38. The predicted molar refractivity (Wildman–Crippen MR) is 81.4 cm³/mol. The molecule has 8 nitrogen and oxygen atoms in total. The quantitative estimate of drug-likeness (QED) is 0.812. The molecule has 0 aliphatic carbocycles. The highest BCUT2D eigenvalue weighted by Gasteiger charge is 2.16. The lowest BCUT2D eigenvalue weighted by Gasteiger charge is -2.14. The molecule has 1 N–H and O–H groups in total. The van der Waals surface area contributed by atoms with E-state index in [0.717, 1.165) is 6.42 Å². The maximum absolute atomic E-state index is 11.9. The second-order valence-corrected chi connectivity index (χ2v) is 4.89. The van der Waals surface area contributed by atoms with Crippen molar-refractivity contribution >= 4 is 11.8 Å².